The molecule has 146 valence electrons. The maximum absolute atomic E-state index is 13.7. The third kappa shape index (κ3) is 5.16. The lowest BCUT2D eigenvalue weighted by molar-refractivity contribution is -2.00. The van der Waals surface area contributed by atoms with Gasteiger partial charge in [0.25, 0.3) is 0 Å². The first-order valence-corrected chi connectivity index (χ1v) is 9.15. The van der Waals surface area contributed by atoms with Crippen LogP contribution >= 0.6 is 0 Å². The Labute approximate surface area is 161 Å². The zero-order chi connectivity index (χ0) is 20.3. The highest BCUT2D eigenvalue weighted by atomic mass is 35.7. The molecule has 9 heteroatoms. The van der Waals surface area contributed by atoms with Gasteiger partial charge in [-0.1, -0.05) is 18.2 Å². The van der Waals surface area contributed by atoms with Gasteiger partial charge in [-0.15, -0.1) is 10.2 Å². The molecular weight excluding hydrogens is 395 g/mol. The first-order chi connectivity index (χ1) is 13.2. The van der Waals surface area contributed by atoms with Crippen LogP contribution in [0.25, 0.3) is 22.9 Å². The van der Waals surface area contributed by atoms with Crippen molar-refractivity contribution in [3.63, 3.8) is 0 Å². The van der Waals surface area contributed by atoms with Crippen LogP contribution in [0.1, 0.15) is 17.1 Å². The second-order valence-corrected chi connectivity index (χ2v) is 6.50. The molecule has 0 radical (unpaired) electrons. The molecule has 0 N–H and O–H groups in total. The van der Waals surface area contributed by atoms with Gasteiger partial charge in [0.05, 0.1) is 12.3 Å². The van der Waals surface area contributed by atoms with E-state index in [1.807, 2.05) is 25.1 Å². The summed E-state index contributed by atoms with van der Waals surface area (Å²) in [6, 6.07) is 12.4. The molecule has 0 bridgehead atoms. The maximum Gasteiger partial charge on any atom is 0.360 e. The summed E-state index contributed by atoms with van der Waals surface area (Å²) in [5.41, 5.74) is 0.512. The SMILES string of the molecule is Cc1cc2cc3c(cc2c(C=Cc2ccccc2F)[o+]1)OCO3.[O-][Cl+3]([O-])([O-])[O-]. The van der Waals surface area contributed by atoms with Crippen molar-refractivity contribution in [1.29, 1.82) is 0 Å². The van der Waals surface area contributed by atoms with Crippen LogP contribution in [0.3, 0.4) is 0 Å². The van der Waals surface area contributed by atoms with Gasteiger partial charge in [0.2, 0.25) is 6.79 Å². The number of benzene rings is 2. The summed E-state index contributed by atoms with van der Waals surface area (Å²) in [5.74, 6) is 2.58. The quantitative estimate of drug-likeness (QED) is 0.559. The van der Waals surface area contributed by atoms with E-state index in [1.54, 1.807) is 30.4 Å². The molecule has 0 saturated carbocycles. The minimum Gasteiger partial charge on any atom is -0.454 e. The topological polar surface area (TPSA) is 122 Å². The van der Waals surface area contributed by atoms with Crippen molar-refractivity contribution >= 4 is 22.9 Å². The Morgan fingerprint density at radius 1 is 1.00 bits per heavy atom. The van der Waals surface area contributed by atoms with Crippen LogP contribution in [0.2, 0.25) is 0 Å². The minimum absolute atomic E-state index is 0.224. The molecule has 3 aromatic rings. The van der Waals surface area contributed by atoms with E-state index in [0.29, 0.717) is 17.1 Å². The van der Waals surface area contributed by atoms with E-state index in [1.165, 1.54) is 6.07 Å². The van der Waals surface area contributed by atoms with E-state index in [0.717, 1.165) is 22.3 Å². The molecule has 2 aromatic carbocycles. The Morgan fingerprint density at radius 2 is 1.64 bits per heavy atom. The van der Waals surface area contributed by atoms with Crippen molar-refractivity contribution in [3.05, 3.63) is 65.4 Å². The molecule has 0 aliphatic carbocycles. The largest absolute Gasteiger partial charge is 0.454 e. The van der Waals surface area contributed by atoms with E-state index < -0.39 is 10.2 Å². The van der Waals surface area contributed by atoms with Gasteiger partial charge < -0.3 is 9.47 Å². The highest BCUT2D eigenvalue weighted by Gasteiger charge is 2.20. The maximum atomic E-state index is 13.7. The molecule has 0 fully saturated rings. The van der Waals surface area contributed by atoms with Crippen LogP contribution in [0.5, 0.6) is 11.5 Å². The molecule has 28 heavy (non-hydrogen) atoms. The minimum atomic E-state index is -4.94. The summed E-state index contributed by atoms with van der Waals surface area (Å²) in [5, 5.41) is 1.89. The van der Waals surface area contributed by atoms with Gasteiger partial charge in [-0.25, -0.2) is 27.4 Å². The number of rotatable bonds is 2. The lowest BCUT2D eigenvalue weighted by atomic mass is 10.1. The first-order valence-electron chi connectivity index (χ1n) is 7.92. The van der Waals surface area contributed by atoms with Crippen molar-refractivity contribution in [2.75, 3.05) is 6.79 Å². The highest BCUT2D eigenvalue weighted by molar-refractivity contribution is 5.93. The normalized spacial score (nSPS) is 12.9. The molecule has 0 spiro atoms. The summed E-state index contributed by atoms with van der Waals surface area (Å²) in [4.78, 5) is 0. The van der Waals surface area contributed by atoms with Gasteiger partial charge in [0, 0.05) is 29.2 Å². The predicted octanol–water partition coefficient (Wildman–Crippen LogP) is 0.305. The van der Waals surface area contributed by atoms with Gasteiger partial charge in [0.15, 0.2) is 11.5 Å². The predicted molar refractivity (Wildman–Crippen MR) is 86.8 cm³/mol. The summed E-state index contributed by atoms with van der Waals surface area (Å²) in [6.07, 6.45) is 3.48. The second-order valence-electron chi connectivity index (χ2n) is 5.75. The van der Waals surface area contributed by atoms with E-state index in [9.17, 15) is 4.39 Å². The van der Waals surface area contributed by atoms with Crippen molar-refractivity contribution in [2.45, 2.75) is 6.92 Å². The fourth-order valence-corrected chi connectivity index (χ4v) is 2.67. The Kier molecular flexibility index (Phi) is 5.78. The average Bonchev–Trinajstić information content (AvgIpc) is 3.05. The third-order valence-electron chi connectivity index (χ3n) is 3.76. The molecule has 1 aliphatic rings. The highest BCUT2D eigenvalue weighted by Crippen LogP contribution is 2.38. The fraction of sp³-hybridized carbons (Fsp3) is 0.105. The van der Waals surface area contributed by atoms with Gasteiger partial charge in [-0.3, -0.25) is 0 Å². The molecule has 0 unspecified atom stereocenters. The van der Waals surface area contributed by atoms with Crippen LogP contribution in [-0.4, -0.2) is 6.79 Å². The van der Waals surface area contributed by atoms with Crippen molar-refractivity contribution in [1.82, 2.24) is 0 Å². The van der Waals surface area contributed by atoms with Crippen molar-refractivity contribution in [2.24, 2.45) is 0 Å². The van der Waals surface area contributed by atoms with Crippen molar-refractivity contribution in [3.8, 4) is 11.5 Å². The zero-order valence-corrected chi connectivity index (χ0v) is 15.3. The van der Waals surface area contributed by atoms with Crippen LogP contribution in [-0.2, 0) is 0 Å². The van der Waals surface area contributed by atoms with Crippen LogP contribution in [0.4, 0.5) is 4.39 Å². The average molecular weight is 409 g/mol. The molecule has 1 aromatic heterocycles. The molecule has 0 amide bonds. The zero-order valence-electron chi connectivity index (χ0n) is 14.5. The molecule has 7 nitrogen and oxygen atoms in total. The molecule has 0 saturated heterocycles. The van der Waals surface area contributed by atoms with E-state index in [4.69, 9.17) is 32.5 Å². The summed E-state index contributed by atoms with van der Waals surface area (Å²) in [7, 11) is -4.94. The Hall–Kier alpha value is -2.75. The smallest absolute Gasteiger partial charge is 0.360 e. The van der Waals surface area contributed by atoms with Gasteiger partial charge >= 0.3 is 11.5 Å². The molecule has 1 aliphatic heterocycles. The molecule has 4 rings (SSSR count). The molecule has 0 atom stereocenters. The lowest BCUT2D eigenvalue weighted by Gasteiger charge is -2.17. The van der Waals surface area contributed by atoms with Gasteiger partial charge in [-0.05, 0) is 18.2 Å². The summed E-state index contributed by atoms with van der Waals surface area (Å²) < 4.78 is 64.4. The van der Waals surface area contributed by atoms with Gasteiger partial charge in [0.1, 0.15) is 5.82 Å². The fourth-order valence-electron chi connectivity index (χ4n) is 2.67. The number of ether oxygens (including phenoxy) is 2. The number of aryl methyl sites for hydroxylation is 1. The molecular formula is C19H14ClFO7. The van der Waals surface area contributed by atoms with Crippen LogP contribution < -0.4 is 28.1 Å². The number of hydrogen-bond donors (Lipinski definition) is 0. The van der Waals surface area contributed by atoms with E-state index in [-0.39, 0.29) is 12.6 Å². The van der Waals surface area contributed by atoms with Gasteiger partial charge in [-0.2, -0.15) is 0 Å². The van der Waals surface area contributed by atoms with Crippen LogP contribution in [0.15, 0.2) is 46.9 Å². The molecule has 2 heterocycles. The number of halogens is 2. The Morgan fingerprint density at radius 3 is 2.32 bits per heavy atom. The monoisotopic (exact) mass is 408 g/mol. The first kappa shape index (κ1) is 20.0. The van der Waals surface area contributed by atoms with Crippen molar-refractivity contribution < 1.29 is 47.2 Å². The standard InChI is InChI=1S/C19H14FO3.ClHO4/c1-12-8-14-9-18-19(22-11-21-18)10-15(14)17(23-12)7-6-13-4-2-3-5-16(13)20;2-1(3,4)5/h2-10H,11H2,1H3;(H,2,3,4,5)/q+1;/p-1. The summed E-state index contributed by atoms with van der Waals surface area (Å²) >= 11 is 0. The van der Waals surface area contributed by atoms with Crippen LogP contribution in [0, 0.1) is 23.0 Å². The lowest BCUT2D eigenvalue weighted by Crippen LogP contribution is -2.68. The third-order valence-corrected chi connectivity index (χ3v) is 3.76. The van der Waals surface area contributed by atoms with E-state index >= 15 is 0 Å². The van der Waals surface area contributed by atoms with E-state index in [2.05, 4.69) is 0 Å². The number of hydrogen-bond acceptors (Lipinski definition) is 6. The Bertz CT molecular complexity index is 1020. The Balaban J connectivity index is 0.000000403. The second kappa shape index (κ2) is 8.09. The summed E-state index contributed by atoms with van der Waals surface area (Å²) in [6.45, 7) is 2.10. The number of fused-ring (bicyclic) bond motifs is 2.